The molecule has 0 saturated heterocycles. The maximum atomic E-state index is 10.4. The SMILES string of the molecule is Cc1ncccc1C(=O)O.[Cr]. The molecule has 3 nitrogen and oxygen atoms in total. The second-order valence-electron chi connectivity index (χ2n) is 1.94. The number of carboxylic acid groups (broad SMARTS) is 1. The Morgan fingerprint density at radius 2 is 2.27 bits per heavy atom. The molecule has 0 spiro atoms. The molecule has 0 aliphatic rings. The number of hydrogen-bond donors (Lipinski definition) is 1. The summed E-state index contributed by atoms with van der Waals surface area (Å²) in [7, 11) is 0. The Morgan fingerprint density at radius 1 is 1.64 bits per heavy atom. The van der Waals surface area contributed by atoms with Gasteiger partial charge in [-0.05, 0) is 19.1 Å². The van der Waals surface area contributed by atoms with Crippen LogP contribution in [0.1, 0.15) is 16.1 Å². The molecule has 4 heteroatoms. The minimum Gasteiger partial charge on any atom is -0.478 e. The number of nitrogens with zero attached hydrogens (tertiary/aromatic N) is 1. The molecule has 0 atom stereocenters. The largest absolute Gasteiger partial charge is 0.478 e. The predicted octanol–water partition coefficient (Wildman–Crippen LogP) is 1.09. The molecule has 1 aromatic rings. The molecule has 1 rings (SSSR count). The predicted molar refractivity (Wildman–Crippen MR) is 35.9 cm³/mol. The van der Waals surface area contributed by atoms with Crippen LogP contribution < -0.4 is 0 Å². The molecular formula is C7H7CrNO2. The molecule has 58 valence electrons. The van der Waals surface area contributed by atoms with Crippen LogP contribution in [0.25, 0.3) is 0 Å². The van der Waals surface area contributed by atoms with E-state index in [1.54, 1.807) is 19.2 Å². The molecule has 0 aliphatic carbocycles. The fourth-order valence-corrected chi connectivity index (χ4v) is 0.710. The summed E-state index contributed by atoms with van der Waals surface area (Å²) >= 11 is 0. The Hall–Kier alpha value is -0.848. The molecule has 0 fully saturated rings. The third kappa shape index (κ3) is 2.34. The summed E-state index contributed by atoms with van der Waals surface area (Å²) in [5.41, 5.74) is 0.817. The van der Waals surface area contributed by atoms with Crippen molar-refractivity contribution < 1.29 is 27.3 Å². The second kappa shape index (κ2) is 4.12. The molecular weight excluding hydrogens is 182 g/mol. The van der Waals surface area contributed by atoms with Gasteiger partial charge in [-0.3, -0.25) is 4.98 Å². The number of rotatable bonds is 1. The first-order valence-electron chi connectivity index (χ1n) is 2.86. The number of hydrogen-bond acceptors (Lipinski definition) is 2. The second-order valence-corrected chi connectivity index (χ2v) is 1.94. The number of carbonyl (C=O) groups is 1. The maximum Gasteiger partial charge on any atom is 0.337 e. The van der Waals surface area contributed by atoms with Gasteiger partial charge >= 0.3 is 5.97 Å². The number of pyridine rings is 1. The molecule has 0 aromatic carbocycles. The van der Waals surface area contributed by atoms with Gasteiger partial charge in [0.15, 0.2) is 0 Å². The molecule has 1 aromatic heterocycles. The van der Waals surface area contributed by atoms with E-state index < -0.39 is 5.97 Å². The minimum absolute atomic E-state index is 0. The van der Waals surface area contributed by atoms with E-state index in [1.807, 2.05) is 0 Å². The average Bonchev–Trinajstić information content (AvgIpc) is 1.88. The van der Waals surface area contributed by atoms with Gasteiger partial charge in [0.25, 0.3) is 0 Å². The van der Waals surface area contributed by atoms with E-state index in [9.17, 15) is 4.79 Å². The van der Waals surface area contributed by atoms with Gasteiger partial charge in [0, 0.05) is 23.6 Å². The maximum absolute atomic E-state index is 10.4. The Balaban J connectivity index is 0.000001000. The van der Waals surface area contributed by atoms with Crippen LogP contribution in [0, 0.1) is 6.92 Å². The first kappa shape index (κ1) is 10.2. The number of aromatic carboxylic acids is 1. The van der Waals surface area contributed by atoms with Crippen LogP contribution in [0.5, 0.6) is 0 Å². The fraction of sp³-hybridized carbons (Fsp3) is 0.143. The van der Waals surface area contributed by atoms with E-state index >= 15 is 0 Å². The van der Waals surface area contributed by atoms with Crippen molar-refractivity contribution in [1.82, 2.24) is 4.98 Å². The van der Waals surface area contributed by atoms with E-state index in [-0.39, 0.29) is 22.9 Å². The third-order valence-electron chi connectivity index (χ3n) is 1.24. The average molecular weight is 189 g/mol. The van der Waals surface area contributed by atoms with Gasteiger partial charge in [0.05, 0.1) is 11.3 Å². The van der Waals surface area contributed by atoms with Crippen molar-refractivity contribution in [3.05, 3.63) is 29.6 Å². The summed E-state index contributed by atoms with van der Waals surface area (Å²) in [6, 6.07) is 3.14. The van der Waals surface area contributed by atoms with Crippen molar-refractivity contribution in [3.63, 3.8) is 0 Å². The van der Waals surface area contributed by atoms with Crippen molar-refractivity contribution in [2.24, 2.45) is 0 Å². The quantitative estimate of drug-likeness (QED) is 0.719. The van der Waals surface area contributed by atoms with E-state index in [1.165, 1.54) is 6.07 Å². The summed E-state index contributed by atoms with van der Waals surface area (Å²) in [6.07, 6.45) is 1.57. The smallest absolute Gasteiger partial charge is 0.337 e. The fourth-order valence-electron chi connectivity index (χ4n) is 0.710. The van der Waals surface area contributed by atoms with Crippen molar-refractivity contribution in [1.29, 1.82) is 0 Å². The molecule has 0 unspecified atom stereocenters. The minimum atomic E-state index is -0.925. The zero-order valence-corrected chi connectivity index (χ0v) is 7.22. The first-order chi connectivity index (χ1) is 4.72. The molecule has 1 heterocycles. The summed E-state index contributed by atoms with van der Waals surface area (Å²) in [4.78, 5) is 14.2. The van der Waals surface area contributed by atoms with Gasteiger partial charge in [-0.15, -0.1) is 0 Å². The van der Waals surface area contributed by atoms with Crippen LogP contribution in [0.4, 0.5) is 0 Å². The van der Waals surface area contributed by atoms with Crippen LogP contribution in [-0.2, 0) is 17.4 Å². The summed E-state index contributed by atoms with van der Waals surface area (Å²) in [5, 5.41) is 8.53. The van der Waals surface area contributed by atoms with Gasteiger partial charge in [-0.2, -0.15) is 0 Å². The van der Waals surface area contributed by atoms with Gasteiger partial charge in [0.1, 0.15) is 0 Å². The standard InChI is InChI=1S/C7H7NO2.Cr/c1-5-6(7(9)10)3-2-4-8-5;/h2-4H,1H3,(H,9,10);. The Morgan fingerprint density at radius 3 is 2.64 bits per heavy atom. The van der Waals surface area contributed by atoms with Crippen LogP contribution in [0.15, 0.2) is 18.3 Å². The van der Waals surface area contributed by atoms with E-state index in [0.717, 1.165) is 0 Å². The molecule has 0 aliphatic heterocycles. The first-order valence-corrected chi connectivity index (χ1v) is 2.86. The van der Waals surface area contributed by atoms with Gasteiger partial charge in [0.2, 0.25) is 0 Å². The van der Waals surface area contributed by atoms with Gasteiger partial charge in [-0.25, -0.2) is 4.79 Å². The van der Waals surface area contributed by atoms with Crippen molar-refractivity contribution >= 4 is 5.97 Å². The zero-order valence-electron chi connectivity index (χ0n) is 5.94. The van der Waals surface area contributed by atoms with E-state index in [0.29, 0.717) is 5.69 Å². The van der Waals surface area contributed by atoms with E-state index in [4.69, 9.17) is 5.11 Å². The summed E-state index contributed by atoms with van der Waals surface area (Å²) in [5.74, 6) is -0.925. The number of aryl methyl sites for hydroxylation is 1. The van der Waals surface area contributed by atoms with Crippen LogP contribution in [0.2, 0.25) is 0 Å². The number of carboxylic acids is 1. The Kier molecular flexibility index (Phi) is 3.80. The molecule has 0 bridgehead atoms. The van der Waals surface area contributed by atoms with Gasteiger partial charge < -0.3 is 5.11 Å². The molecule has 1 N–H and O–H groups in total. The van der Waals surface area contributed by atoms with E-state index in [2.05, 4.69) is 4.98 Å². The van der Waals surface area contributed by atoms with Crippen LogP contribution in [0.3, 0.4) is 0 Å². The van der Waals surface area contributed by atoms with Crippen molar-refractivity contribution in [2.75, 3.05) is 0 Å². The number of aromatic nitrogens is 1. The topological polar surface area (TPSA) is 50.2 Å². The van der Waals surface area contributed by atoms with Gasteiger partial charge in [-0.1, -0.05) is 0 Å². The molecule has 0 saturated carbocycles. The molecule has 0 amide bonds. The monoisotopic (exact) mass is 189 g/mol. The Labute approximate surface area is 75.2 Å². The zero-order chi connectivity index (χ0) is 7.56. The molecule has 11 heavy (non-hydrogen) atoms. The normalized spacial score (nSPS) is 8.45. The Bertz CT molecular complexity index is 262. The summed E-state index contributed by atoms with van der Waals surface area (Å²) in [6.45, 7) is 1.67. The van der Waals surface area contributed by atoms with Crippen molar-refractivity contribution in [3.8, 4) is 0 Å². The summed E-state index contributed by atoms with van der Waals surface area (Å²) < 4.78 is 0. The molecule has 0 radical (unpaired) electrons. The third-order valence-corrected chi connectivity index (χ3v) is 1.24. The van der Waals surface area contributed by atoms with Crippen LogP contribution in [-0.4, -0.2) is 16.1 Å². The van der Waals surface area contributed by atoms with Crippen molar-refractivity contribution in [2.45, 2.75) is 6.92 Å². The van der Waals surface area contributed by atoms with Crippen LogP contribution >= 0.6 is 0 Å².